The van der Waals surface area contributed by atoms with Crippen molar-refractivity contribution in [1.29, 1.82) is 0 Å². The van der Waals surface area contributed by atoms with Crippen molar-refractivity contribution in [3.63, 3.8) is 0 Å². The molecule has 4 nitrogen and oxygen atoms in total. The van der Waals surface area contributed by atoms with E-state index in [1.54, 1.807) is 0 Å². The standard InChI is InChI=1S/C15H16N4/c1-4-14-17-18-15(19(14)3)16-13-9-11-7-5-6-8-12(11)10(13)2/h5-8H,2,4,9H2,1,3H3/b16-13+. The topological polar surface area (TPSA) is 43.1 Å². The molecular weight excluding hydrogens is 236 g/mol. The summed E-state index contributed by atoms with van der Waals surface area (Å²) in [5.74, 6) is 1.60. The molecule has 2 aromatic rings. The van der Waals surface area contributed by atoms with E-state index in [1.807, 2.05) is 23.7 Å². The quantitative estimate of drug-likeness (QED) is 0.824. The molecule has 96 valence electrons. The predicted octanol–water partition coefficient (Wildman–Crippen LogP) is 2.72. The Morgan fingerprint density at radius 2 is 2.11 bits per heavy atom. The van der Waals surface area contributed by atoms with Crippen LogP contribution in [0.3, 0.4) is 0 Å². The zero-order valence-electron chi connectivity index (χ0n) is 11.2. The minimum absolute atomic E-state index is 0.654. The van der Waals surface area contributed by atoms with Crippen LogP contribution >= 0.6 is 0 Å². The number of aryl methyl sites for hydroxylation is 1. The van der Waals surface area contributed by atoms with Gasteiger partial charge in [0, 0.05) is 19.9 Å². The third kappa shape index (κ3) is 1.89. The molecule has 0 fully saturated rings. The number of hydrogen-bond donors (Lipinski definition) is 0. The maximum absolute atomic E-state index is 4.63. The summed E-state index contributed by atoms with van der Waals surface area (Å²) < 4.78 is 1.93. The lowest BCUT2D eigenvalue weighted by molar-refractivity contribution is 0.808. The molecule has 19 heavy (non-hydrogen) atoms. The fourth-order valence-corrected chi connectivity index (χ4v) is 2.40. The van der Waals surface area contributed by atoms with E-state index < -0.39 is 0 Å². The van der Waals surface area contributed by atoms with Crippen LogP contribution in [-0.2, 0) is 19.9 Å². The molecule has 1 aliphatic rings. The molecule has 1 aromatic carbocycles. The van der Waals surface area contributed by atoms with Gasteiger partial charge >= 0.3 is 0 Å². The SMILES string of the molecule is C=C1/C(=N/c2nnc(CC)n2C)Cc2ccccc21. The monoisotopic (exact) mass is 252 g/mol. The Bertz CT molecular complexity index is 679. The van der Waals surface area contributed by atoms with E-state index in [2.05, 4.69) is 40.8 Å². The van der Waals surface area contributed by atoms with E-state index in [0.29, 0.717) is 5.95 Å². The summed E-state index contributed by atoms with van der Waals surface area (Å²) in [4.78, 5) is 4.63. The smallest absolute Gasteiger partial charge is 0.250 e. The van der Waals surface area contributed by atoms with Gasteiger partial charge in [-0.25, -0.2) is 4.99 Å². The van der Waals surface area contributed by atoms with E-state index in [-0.39, 0.29) is 0 Å². The lowest BCUT2D eigenvalue weighted by atomic mass is 10.1. The third-order valence-corrected chi connectivity index (χ3v) is 3.54. The van der Waals surface area contributed by atoms with Gasteiger partial charge < -0.3 is 0 Å². The molecule has 1 aromatic heterocycles. The second-order valence-corrected chi connectivity index (χ2v) is 4.70. The zero-order valence-corrected chi connectivity index (χ0v) is 11.2. The van der Waals surface area contributed by atoms with Gasteiger partial charge in [0.05, 0.1) is 5.71 Å². The molecule has 0 saturated carbocycles. The fourth-order valence-electron chi connectivity index (χ4n) is 2.40. The summed E-state index contributed by atoms with van der Waals surface area (Å²) in [6, 6.07) is 8.29. The number of rotatable bonds is 2. The molecule has 4 heteroatoms. The average molecular weight is 252 g/mol. The van der Waals surface area contributed by atoms with E-state index in [4.69, 9.17) is 0 Å². The summed E-state index contributed by atoms with van der Waals surface area (Å²) in [6.07, 6.45) is 1.68. The first-order chi connectivity index (χ1) is 9.20. The minimum atomic E-state index is 0.654. The van der Waals surface area contributed by atoms with Gasteiger partial charge in [-0.2, -0.15) is 0 Å². The highest BCUT2D eigenvalue weighted by Gasteiger charge is 2.21. The number of benzene rings is 1. The van der Waals surface area contributed by atoms with Crippen LogP contribution in [0, 0.1) is 0 Å². The minimum Gasteiger partial charge on any atom is -0.299 e. The number of aromatic nitrogens is 3. The number of fused-ring (bicyclic) bond motifs is 1. The van der Waals surface area contributed by atoms with Gasteiger partial charge in [0.15, 0.2) is 0 Å². The normalized spacial score (nSPS) is 16.1. The van der Waals surface area contributed by atoms with Crippen LogP contribution in [0.15, 0.2) is 35.8 Å². The van der Waals surface area contributed by atoms with E-state index in [9.17, 15) is 0 Å². The number of aliphatic imine (C=N–C) groups is 1. The fraction of sp³-hybridized carbons (Fsp3) is 0.267. The molecule has 0 unspecified atom stereocenters. The van der Waals surface area contributed by atoms with Crippen LogP contribution < -0.4 is 0 Å². The Morgan fingerprint density at radius 3 is 2.79 bits per heavy atom. The van der Waals surface area contributed by atoms with Crippen molar-refractivity contribution in [2.24, 2.45) is 12.0 Å². The van der Waals surface area contributed by atoms with E-state index >= 15 is 0 Å². The summed E-state index contributed by atoms with van der Waals surface area (Å²) >= 11 is 0. The average Bonchev–Trinajstić information content (AvgIpc) is 2.93. The Kier molecular flexibility index (Phi) is 2.78. The molecule has 3 rings (SSSR count). The summed E-state index contributed by atoms with van der Waals surface area (Å²) in [7, 11) is 1.95. The molecular formula is C15H16N4. The highest BCUT2D eigenvalue weighted by atomic mass is 15.3. The first-order valence-electron chi connectivity index (χ1n) is 6.44. The highest BCUT2D eigenvalue weighted by Crippen LogP contribution is 2.30. The third-order valence-electron chi connectivity index (χ3n) is 3.54. The van der Waals surface area contributed by atoms with Crippen molar-refractivity contribution in [3.8, 4) is 0 Å². The lowest BCUT2D eigenvalue weighted by Gasteiger charge is -2.00. The van der Waals surface area contributed by atoms with Crippen LogP contribution in [0.5, 0.6) is 0 Å². The molecule has 0 radical (unpaired) electrons. The van der Waals surface area contributed by atoms with Crippen LogP contribution in [-0.4, -0.2) is 20.5 Å². The van der Waals surface area contributed by atoms with Crippen molar-refractivity contribution in [2.75, 3.05) is 0 Å². The molecule has 0 N–H and O–H groups in total. The Morgan fingerprint density at radius 1 is 1.32 bits per heavy atom. The van der Waals surface area contributed by atoms with Gasteiger partial charge in [0.2, 0.25) is 0 Å². The molecule has 0 bridgehead atoms. The Balaban J connectivity index is 1.99. The summed E-state index contributed by atoms with van der Waals surface area (Å²) in [5, 5.41) is 8.26. The largest absolute Gasteiger partial charge is 0.299 e. The van der Waals surface area contributed by atoms with Crippen molar-refractivity contribution < 1.29 is 0 Å². The molecule has 0 amide bonds. The maximum Gasteiger partial charge on any atom is 0.250 e. The van der Waals surface area contributed by atoms with E-state index in [1.165, 1.54) is 11.1 Å². The van der Waals surface area contributed by atoms with Crippen molar-refractivity contribution in [1.82, 2.24) is 14.8 Å². The van der Waals surface area contributed by atoms with Crippen molar-refractivity contribution in [3.05, 3.63) is 47.8 Å². The Hall–Kier alpha value is -2.23. The van der Waals surface area contributed by atoms with Crippen molar-refractivity contribution in [2.45, 2.75) is 19.8 Å². The molecule has 0 spiro atoms. The van der Waals surface area contributed by atoms with E-state index in [0.717, 1.165) is 30.0 Å². The predicted molar refractivity (Wildman–Crippen MR) is 76.7 cm³/mol. The van der Waals surface area contributed by atoms with Gasteiger partial charge in [-0.1, -0.05) is 37.8 Å². The van der Waals surface area contributed by atoms with Crippen LogP contribution in [0.2, 0.25) is 0 Å². The number of nitrogens with zero attached hydrogens (tertiary/aromatic N) is 4. The first kappa shape index (κ1) is 11.8. The number of hydrogen-bond acceptors (Lipinski definition) is 3. The van der Waals surface area contributed by atoms with Crippen LogP contribution in [0.1, 0.15) is 23.9 Å². The Labute approximate surface area is 112 Å². The maximum atomic E-state index is 4.63. The number of allylic oxidation sites excluding steroid dienone is 1. The molecule has 1 heterocycles. The second kappa shape index (κ2) is 4.46. The molecule has 0 saturated heterocycles. The van der Waals surface area contributed by atoms with Gasteiger partial charge in [-0.15, -0.1) is 10.2 Å². The first-order valence-corrected chi connectivity index (χ1v) is 6.44. The van der Waals surface area contributed by atoms with Gasteiger partial charge in [-0.3, -0.25) is 4.57 Å². The summed E-state index contributed by atoms with van der Waals surface area (Å²) in [6.45, 7) is 6.20. The second-order valence-electron chi connectivity index (χ2n) is 4.70. The summed E-state index contributed by atoms with van der Waals surface area (Å²) in [5.41, 5.74) is 4.46. The van der Waals surface area contributed by atoms with Crippen LogP contribution in [0.4, 0.5) is 5.95 Å². The molecule has 1 aliphatic carbocycles. The van der Waals surface area contributed by atoms with Gasteiger partial charge in [0.25, 0.3) is 5.95 Å². The lowest BCUT2D eigenvalue weighted by Crippen LogP contribution is -1.98. The molecule has 0 atom stereocenters. The van der Waals surface area contributed by atoms with Crippen LogP contribution in [0.25, 0.3) is 5.57 Å². The van der Waals surface area contributed by atoms with Crippen molar-refractivity contribution >= 4 is 17.2 Å². The zero-order chi connectivity index (χ0) is 13.4. The van der Waals surface area contributed by atoms with Gasteiger partial charge in [-0.05, 0) is 16.7 Å². The molecule has 0 aliphatic heterocycles. The van der Waals surface area contributed by atoms with Gasteiger partial charge in [0.1, 0.15) is 5.82 Å². The highest BCUT2D eigenvalue weighted by molar-refractivity contribution is 6.28.